The van der Waals surface area contributed by atoms with Crippen LogP contribution in [0.3, 0.4) is 0 Å². The lowest BCUT2D eigenvalue weighted by molar-refractivity contribution is -0.385. The number of rotatable bonds is 6. The summed E-state index contributed by atoms with van der Waals surface area (Å²) in [7, 11) is 0. The lowest BCUT2D eigenvalue weighted by Crippen LogP contribution is -2.23. The molecule has 1 heterocycles. The summed E-state index contributed by atoms with van der Waals surface area (Å²) in [5, 5.41) is 13.8. The highest BCUT2D eigenvalue weighted by atomic mass is 79.9. The van der Waals surface area contributed by atoms with Gasteiger partial charge in [-0.15, -0.1) is 0 Å². The van der Waals surface area contributed by atoms with Crippen LogP contribution in [0.1, 0.15) is 35.3 Å². The summed E-state index contributed by atoms with van der Waals surface area (Å²) in [6.07, 6.45) is 0.938. The monoisotopic (exact) mass is 434 g/mol. The molecule has 0 aromatic heterocycles. The van der Waals surface area contributed by atoms with Gasteiger partial charge in [0.25, 0.3) is 11.6 Å². The average Bonchev–Trinajstić information content (AvgIpc) is 2.98. The Morgan fingerprint density at radius 3 is 2.89 bits per heavy atom. The minimum absolute atomic E-state index is 0.114. The van der Waals surface area contributed by atoms with Crippen LogP contribution in [0.2, 0.25) is 0 Å². The molecule has 0 fully saturated rings. The molecule has 1 N–H and O–H groups in total. The first-order valence-electron chi connectivity index (χ1n) is 8.56. The molecule has 0 unspecified atom stereocenters. The van der Waals surface area contributed by atoms with Gasteiger partial charge in [0, 0.05) is 35.7 Å². The van der Waals surface area contributed by atoms with Gasteiger partial charge in [-0.1, -0.05) is 0 Å². The van der Waals surface area contributed by atoms with Gasteiger partial charge in [-0.3, -0.25) is 14.9 Å². The molecule has 142 valence electrons. The normalized spacial score (nSPS) is 15.0. The van der Waals surface area contributed by atoms with E-state index < -0.39 is 10.8 Å². The fourth-order valence-electron chi connectivity index (χ4n) is 2.98. The molecule has 0 aliphatic carbocycles. The molecule has 1 amide bonds. The quantitative estimate of drug-likeness (QED) is 0.547. The summed E-state index contributed by atoms with van der Waals surface area (Å²) in [6.45, 7) is 4.63. The van der Waals surface area contributed by atoms with Gasteiger partial charge < -0.3 is 14.8 Å². The number of nitro benzene ring substituents is 1. The molecule has 2 aromatic rings. The van der Waals surface area contributed by atoms with E-state index in [0.29, 0.717) is 16.8 Å². The second kappa shape index (κ2) is 7.96. The molecule has 0 saturated carbocycles. The Morgan fingerprint density at radius 1 is 1.41 bits per heavy atom. The van der Waals surface area contributed by atoms with E-state index in [1.807, 2.05) is 26.0 Å². The maximum absolute atomic E-state index is 12.4. The predicted octanol–water partition coefficient (Wildman–Crippen LogP) is 4.01. The number of nitro groups is 1. The lowest BCUT2D eigenvalue weighted by atomic mass is 10.1. The molecule has 27 heavy (non-hydrogen) atoms. The van der Waals surface area contributed by atoms with E-state index in [0.717, 1.165) is 23.3 Å². The fraction of sp³-hybridized carbons (Fsp3) is 0.316. The van der Waals surface area contributed by atoms with Gasteiger partial charge in [0.2, 0.25) is 0 Å². The number of hydrogen-bond donors (Lipinski definition) is 1. The predicted molar refractivity (Wildman–Crippen MR) is 103 cm³/mol. The summed E-state index contributed by atoms with van der Waals surface area (Å²) in [5.74, 6) is 1.10. The molecule has 7 nitrogen and oxygen atoms in total. The van der Waals surface area contributed by atoms with Crippen LogP contribution >= 0.6 is 15.9 Å². The van der Waals surface area contributed by atoms with Crippen LogP contribution < -0.4 is 14.8 Å². The number of benzene rings is 2. The van der Waals surface area contributed by atoms with Crippen LogP contribution in [0, 0.1) is 10.1 Å². The van der Waals surface area contributed by atoms with Crippen molar-refractivity contribution >= 4 is 27.5 Å². The number of halogens is 1. The second-order valence-electron chi connectivity index (χ2n) is 6.24. The van der Waals surface area contributed by atoms with Gasteiger partial charge in [0.1, 0.15) is 17.6 Å². The van der Waals surface area contributed by atoms with E-state index in [4.69, 9.17) is 9.47 Å². The van der Waals surface area contributed by atoms with Crippen LogP contribution in [-0.4, -0.2) is 23.5 Å². The van der Waals surface area contributed by atoms with Crippen molar-refractivity contribution in [2.24, 2.45) is 0 Å². The van der Waals surface area contributed by atoms with Crippen molar-refractivity contribution in [1.82, 2.24) is 5.32 Å². The van der Waals surface area contributed by atoms with E-state index in [-0.39, 0.29) is 23.9 Å². The SMILES string of the molecule is CCOc1cc2c(cc1CNC(=O)c1ccc(Br)c([N+](=O)[O-])c1)O[C@H](C)C2. The molecule has 0 bridgehead atoms. The molecule has 1 atom stereocenters. The van der Waals surface area contributed by atoms with Crippen molar-refractivity contribution in [2.75, 3.05) is 6.61 Å². The molecule has 2 aromatic carbocycles. The first kappa shape index (κ1) is 19.2. The average molecular weight is 435 g/mol. The number of nitrogens with one attached hydrogen (secondary N) is 1. The molecule has 3 rings (SSSR count). The van der Waals surface area contributed by atoms with Crippen molar-refractivity contribution in [3.8, 4) is 11.5 Å². The molecular formula is C19H19BrN2O5. The van der Waals surface area contributed by atoms with E-state index in [1.54, 1.807) is 0 Å². The van der Waals surface area contributed by atoms with Crippen molar-refractivity contribution in [3.05, 3.63) is 61.6 Å². The van der Waals surface area contributed by atoms with Crippen LogP contribution in [0.25, 0.3) is 0 Å². The highest BCUT2D eigenvalue weighted by molar-refractivity contribution is 9.10. The highest BCUT2D eigenvalue weighted by Gasteiger charge is 2.22. The molecule has 0 saturated heterocycles. The summed E-state index contributed by atoms with van der Waals surface area (Å²) in [6, 6.07) is 8.10. The molecule has 1 aliphatic heterocycles. The smallest absolute Gasteiger partial charge is 0.284 e. The Labute approximate surface area is 164 Å². The second-order valence-corrected chi connectivity index (χ2v) is 7.09. The van der Waals surface area contributed by atoms with Gasteiger partial charge in [-0.2, -0.15) is 0 Å². The number of carbonyl (C=O) groups excluding carboxylic acids is 1. The van der Waals surface area contributed by atoms with Crippen LogP contribution in [0.4, 0.5) is 5.69 Å². The van der Waals surface area contributed by atoms with Gasteiger partial charge in [0.15, 0.2) is 0 Å². The maximum atomic E-state index is 12.4. The Bertz CT molecular complexity index is 900. The lowest BCUT2D eigenvalue weighted by Gasteiger charge is -2.13. The van der Waals surface area contributed by atoms with Crippen LogP contribution in [0.5, 0.6) is 11.5 Å². The third kappa shape index (κ3) is 4.21. The zero-order valence-corrected chi connectivity index (χ0v) is 16.5. The number of hydrogen-bond acceptors (Lipinski definition) is 5. The Balaban J connectivity index is 1.78. The largest absolute Gasteiger partial charge is 0.494 e. The van der Waals surface area contributed by atoms with E-state index in [9.17, 15) is 14.9 Å². The Morgan fingerprint density at radius 2 is 2.19 bits per heavy atom. The highest BCUT2D eigenvalue weighted by Crippen LogP contribution is 2.35. The molecule has 0 spiro atoms. The first-order valence-corrected chi connectivity index (χ1v) is 9.35. The zero-order chi connectivity index (χ0) is 19.6. The molecule has 0 radical (unpaired) electrons. The van der Waals surface area contributed by atoms with Gasteiger partial charge in [-0.05, 0) is 54.0 Å². The standard InChI is InChI=1S/C19H19BrN2O5/c1-3-26-17-8-13-6-11(2)27-18(13)9-14(17)10-21-19(23)12-4-5-15(20)16(7-12)22(24)25/h4-5,7-9,11H,3,6,10H2,1-2H3,(H,21,23)/t11-/m1/s1. The van der Waals surface area contributed by atoms with Gasteiger partial charge >= 0.3 is 0 Å². The minimum atomic E-state index is -0.535. The number of nitrogens with zero attached hydrogens (tertiary/aromatic N) is 1. The maximum Gasteiger partial charge on any atom is 0.284 e. The number of carbonyl (C=O) groups is 1. The third-order valence-electron chi connectivity index (χ3n) is 4.22. The fourth-order valence-corrected chi connectivity index (χ4v) is 3.37. The molecule has 8 heteroatoms. The Hall–Kier alpha value is -2.61. The van der Waals surface area contributed by atoms with Crippen molar-refractivity contribution in [2.45, 2.75) is 32.9 Å². The van der Waals surface area contributed by atoms with Crippen LogP contribution in [0.15, 0.2) is 34.8 Å². The number of fused-ring (bicyclic) bond motifs is 1. The number of ether oxygens (including phenoxy) is 2. The van der Waals surface area contributed by atoms with Crippen LogP contribution in [-0.2, 0) is 13.0 Å². The molecular weight excluding hydrogens is 416 g/mol. The van der Waals surface area contributed by atoms with E-state index in [2.05, 4.69) is 21.2 Å². The summed E-state index contributed by atoms with van der Waals surface area (Å²) in [5.41, 5.74) is 1.95. The van der Waals surface area contributed by atoms with Crippen molar-refractivity contribution in [1.29, 1.82) is 0 Å². The summed E-state index contributed by atoms with van der Waals surface area (Å²) >= 11 is 3.11. The minimum Gasteiger partial charge on any atom is -0.494 e. The van der Waals surface area contributed by atoms with E-state index >= 15 is 0 Å². The topological polar surface area (TPSA) is 90.7 Å². The first-order chi connectivity index (χ1) is 12.9. The van der Waals surface area contributed by atoms with Crippen molar-refractivity contribution in [3.63, 3.8) is 0 Å². The van der Waals surface area contributed by atoms with Crippen molar-refractivity contribution < 1.29 is 19.2 Å². The van der Waals surface area contributed by atoms with E-state index in [1.165, 1.54) is 18.2 Å². The molecule has 1 aliphatic rings. The van der Waals surface area contributed by atoms with Gasteiger partial charge in [0.05, 0.1) is 16.0 Å². The Kier molecular flexibility index (Phi) is 5.65. The summed E-state index contributed by atoms with van der Waals surface area (Å²) in [4.78, 5) is 22.9. The number of amides is 1. The third-order valence-corrected chi connectivity index (χ3v) is 4.89. The summed E-state index contributed by atoms with van der Waals surface area (Å²) < 4.78 is 11.8. The zero-order valence-electron chi connectivity index (χ0n) is 15.0. The van der Waals surface area contributed by atoms with Gasteiger partial charge in [-0.25, -0.2) is 0 Å².